The minimum atomic E-state index is 0. The molecule has 116 valence electrons. The molecule has 1 atom stereocenters. The molecule has 0 spiro atoms. The van der Waals surface area contributed by atoms with E-state index in [1.54, 1.807) is 0 Å². The maximum atomic E-state index is 11.7. The van der Waals surface area contributed by atoms with E-state index in [0.29, 0.717) is 19.0 Å². The van der Waals surface area contributed by atoms with Crippen LogP contribution in [0.25, 0.3) is 0 Å². The van der Waals surface area contributed by atoms with Gasteiger partial charge in [0, 0.05) is 26.1 Å². The maximum Gasteiger partial charge on any atom is 0.222 e. The third-order valence-electron chi connectivity index (χ3n) is 3.74. The van der Waals surface area contributed by atoms with Crippen LogP contribution in [0.3, 0.4) is 0 Å². The van der Waals surface area contributed by atoms with Crippen molar-refractivity contribution in [3.05, 3.63) is 0 Å². The number of nitrogens with two attached hydrogens (primary N) is 1. The Labute approximate surface area is 129 Å². The number of hydrogen-bond donors (Lipinski definition) is 1. The van der Waals surface area contributed by atoms with Crippen LogP contribution in [0.5, 0.6) is 0 Å². The first-order valence-corrected chi connectivity index (χ1v) is 6.79. The molecule has 1 heterocycles. The first-order valence-electron chi connectivity index (χ1n) is 6.79. The molecule has 0 aromatic carbocycles. The highest BCUT2D eigenvalue weighted by Crippen LogP contribution is 2.17. The summed E-state index contributed by atoms with van der Waals surface area (Å²) < 4.78 is 0. The van der Waals surface area contributed by atoms with Gasteiger partial charge < -0.3 is 15.5 Å². The van der Waals surface area contributed by atoms with Crippen LogP contribution in [-0.2, 0) is 4.79 Å². The van der Waals surface area contributed by atoms with Gasteiger partial charge in [0.25, 0.3) is 0 Å². The highest BCUT2D eigenvalue weighted by molar-refractivity contribution is 5.85. The van der Waals surface area contributed by atoms with Crippen molar-refractivity contribution < 1.29 is 4.79 Å². The van der Waals surface area contributed by atoms with Crippen molar-refractivity contribution in [1.82, 2.24) is 9.80 Å². The smallest absolute Gasteiger partial charge is 0.222 e. The molecular formula is C13H29Cl2N3O. The zero-order valence-corrected chi connectivity index (χ0v) is 13.8. The van der Waals surface area contributed by atoms with Crippen molar-refractivity contribution in [3.8, 4) is 0 Å². The van der Waals surface area contributed by atoms with Crippen LogP contribution in [0.2, 0.25) is 0 Å². The van der Waals surface area contributed by atoms with Gasteiger partial charge >= 0.3 is 0 Å². The molecule has 1 aliphatic heterocycles. The molecule has 1 saturated heterocycles. The summed E-state index contributed by atoms with van der Waals surface area (Å²) in [6.07, 6.45) is 6.42. The van der Waals surface area contributed by atoms with E-state index >= 15 is 0 Å². The molecule has 19 heavy (non-hydrogen) atoms. The lowest BCUT2D eigenvalue weighted by Crippen LogP contribution is -2.39. The van der Waals surface area contributed by atoms with E-state index in [-0.39, 0.29) is 30.7 Å². The summed E-state index contributed by atoms with van der Waals surface area (Å²) in [5, 5.41) is 0. The van der Waals surface area contributed by atoms with E-state index in [0.717, 1.165) is 19.4 Å². The molecule has 1 rings (SSSR count). The van der Waals surface area contributed by atoms with E-state index in [2.05, 4.69) is 11.9 Å². The van der Waals surface area contributed by atoms with E-state index in [1.807, 2.05) is 11.9 Å². The highest BCUT2D eigenvalue weighted by Gasteiger charge is 2.19. The van der Waals surface area contributed by atoms with Gasteiger partial charge in [0.05, 0.1) is 0 Å². The number of rotatable bonds is 6. The number of likely N-dealkylation sites (tertiary alicyclic amines) is 1. The lowest BCUT2D eigenvalue weighted by Gasteiger charge is -2.33. The van der Waals surface area contributed by atoms with Crippen LogP contribution in [0, 0.1) is 0 Å². The molecule has 1 unspecified atom stereocenters. The van der Waals surface area contributed by atoms with E-state index in [1.165, 1.54) is 25.8 Å². The summed E-state index contributed by atoms with van der Waals surface area (Å²) in [6.45, 7) is 2.68. The summed E-state index contributed by atoms with van der Waals surface area (Å²) in [5.41, 5.74) is 5.41. The average molecular weight is 314 g/mol. The van der Waals surface area contributed by atoms with Gasteiger partial charge in [-0.1, -0.05) is 6.42 Å². The van der Waals surface area contributed by atoms with Gasteiger partial charge in [-0.15, -0.1) is 24.8 Å². The molecule has 0 bridgehead atoms. The Hall–Kier alpha value is -0.0300. The monoisotopic (exact) mass is 313 g/mol. The zero-order valence-electron chi connectivity index (χ0n) is 12.1. The molecule has 0 aromatic heterocycles. The minimum Gasteiger partial charge on any atom is -0.346 e. The Morgan fingerprint density at radius 3 is 2.63 bits per heavy atom. The van der Waals surface area contributed by atoms with Crippen LogP contribution >= 0.6 is 24.8 Å². The summed E-state index contributed by atoms with van der Waals surface area (Å²) in [7, 11) is 4.10. The fourth-order valence-corrected chi connectivity index (χ4v) is 2.42. The fourth-order valence-electron chi connectivity index (χ4n) is 2.42. The van der Waals surface area contributed by atoms with Crippen LogP contribution in [0.15, 0.2) is 0 Å². The molecule has 0 aliphatic carbocycles. The Bertz CT molecular complexity index is 242. The predicted molar refractivity (Wildman–Crippen MR) is 85.3 cm³/mol. The number of halogens is 2. The highest BCUT2D eigenvalue weighted by atomic mass is 35.5. The summed E-state index contributed by atoms with van der Waals surface area (Å²) in [4.78, 5) is 16.0. The number of hydrogen-bond acceptors (Lipinski definition) is 3. The molecule has 1 aliphatic rings. The van der Waals surface area contributed by atoms with Crippen LogP contribution in [0.1, 0.15) is 38.5 Å². The Kier molecular flexibility index (Phi) is 13.2. The number of carbonyl (C=O) groups is 1. The van der Waals surface area contributed by atoms with Crippen molar-refractivity contribution in [1.29, 1.82) is 0 Å². The normalized spacial score (nSPS) is 19.2. The SMILES string of the molecule is CN(CCC1CCCCN1C)C(=O)CCCN.Cl.Cl. The molecule has 1 fully saturated rings. The second kappa shape index (κ2) is 11.8. The van der Waals surface area contributed by atoms with Crippen LogP contribution in [0.4, 0.5) is 0 Å². The van der Waals surface area contributed by atoms with Gasteiger partial charge in [0.2, 0.25) is 5.91 Å². The van der Waals surface area contributed by atoms with Gasteiger partial charge in [-0.25, -0.2) is 0 Å². The zero-order chi connectivity index (χ0) is 12.7. The second-order valence-electron chi connectivity index (χ2n) is 5.13. The van der Waals surface area contributed by atoms with Crippen molar-refractivity contribution in [2.24, 2.45) is 5.73 Å². The third kappa shape index (κ3) is 7.98. The fraction of sp³-hybridized carbons (Fsp3) is 0.923. The van der Waals surface area contributed by atoms with E-state index in [9.17, 15) is 4.79 Å². The molecule has 0 aromatic rings. The van der Waals surface area contributed by atoms with Crippen LogP contribution < -0.4 is 5.73 Å². The Morgan fingerprint density at radius 1 is 1.37 bits per heavy atom. The van der Waals surface area contributed by atoms with Crippen molar-refractivity contribution in [2.75, 3.05) is 33.7 Å². The summed E-state index contributed by atoms with van der Waals surface area (Å²) >= 11 is 0. The van der Waals surface area contributed by atoms with Gasteiger partial charge in [-0.2, -0.15) is 0 Å². The third-order valence-corrected chi connectivity index (χ3v) is 3.74. The van der Waals surface area contributed by atoms with Gasteiger partial charge in [-0.3, -0.25) is 4.79 Å². The standard InChI is InChI=1S/C13H27N3O.2ClH/c1-15-10-4-3-6-12(15)8-11-16(2)13(17)7-5-9-14;;/h12H,3-11,14H2,1-2H3;2*1H. The Morgan fingerprint density at radius 2 is 2.05 bits per heavy atom. The second-order valence-corrected chi connectivity index (χ2v) is 5.13. The number of nitrogens with zero attached hydrogens (tertiary/aromatic N) is 2. The van der Waals surface area contributed by atoms with Gasteiger partial charge in [-0.05, 0) is 45.8 Å². The molecule has 2 N–H and O–H groups in total. The lowest BCUT2D eigenvalue weighted by atomic mass is 10.00. The lowest BCUT2D eigenvalue weighted by molar-refractivity contribution is -0.130. The molecule has 6 heteroatoms. The molecule has 4 nitrogen and oxygen atoms in total. The Balaban J connectivity index is 0. The molecule has 0 saturated carbocycles. The molecular weight excluding hydrogens is 285 g/mol. The van der Waals surface area contributed by atoms with E-state index in [4.69, 9.17) is 5.73 Å². The minimum absolute atomic E-state index is 0. The van der Waals surface area contributed by atoms with Crippen molar-refractivity contribution >= 4 is 30.7 Å². The van der Waals surface area contributed by atoms with Crippen molar-refractivity contribution in [3.63, 3.8) is 0 Å². The topological polar surface area (TPSA) is 49.6 Å². The van der Waals surface area contributed by atoms with E-state index < -0.39 is 0 Å². The van der Waals surface area contributed by atoms with Crippen molar-refractivity contribution in [2.45, 2.75) is 44.6 Å². The molecule has 0 radical (unpaired) electrons. The van der Waals surface area contributed by atoms with Gasteiger partial charge in [0.15, 0.2) is 0 Å². The first kappa shape index (κ1) is 21.3. The number of piperidine rings is 1. The first-order chi connectivity index (χ1) is 8.15. The average Bonchev–Trinajstić information content (AvgIpc) is 2.34. The number of carbonyl (C=O) groups excluding carboxylic acids is 1. The van der Waals surface area contributed by atoms with Gasteiger partial charge in [0.1, 0.15) is 0 Å². The molecule has 1 amide bonds. The maximum absolute atomic E-state index is 11.7. The van der Waals surface area contributed by atoms with Crippen LogP contribution in [-0.4, -0.2) is 55.5 Å². The summed E-state index contributed by atoms with van der Waals surface area (Å²) in [6, 6.07) is 0.661. The largest absolute Gasteiger partial charge is 0.346 e. The quantitative estimate of drug-likeness (QED) is 0.815. The number of amides is 1. The summed E-state index contributed by atoms with van der Waals surface area (Å²) in [5.74, 6) is 0.230. The predicted octanol–water partition coefficient (Wildman–Crippen LogP) is 1.90.